The Bertz CT molecular complexity index is 288. The van der Waals surface area contributed by atoms with E-state index >= 15 is 0 Å². The summed E-state index contributed by atoms with van der Waals surface area (Å²) < 4.78 is 11.7. The van der Waals surface area contributed by atoms with Gasteiger partial charge >= 0.3 is 0 Å². The summed E-state index contributed by atoms with van der Waals surface area (Å²) in [7, 11) is 0. The van der Waals surface area contributed by atoms with Crippen molar-refractivity contribution in [3.8, 4) is 0 Å². The van der Waals surface area contributed by atoms with Gasteiger partial charge in [-0.15, -0.1) is 0 Å². The van der Waals surface area contributed by atoms with Crippen LogP contribution in [0.3, 0.4) is 0 Å². The summed E-state index contributed by atoms with van der Waals surface area (Å²) >= 11 is 2.13. The van der Waals surface area contributed by atoms with Gasteiger partial charge in [0.05, 0.1) is 12.2 Å². The van der Waals surface area contributed by atoms with Crippen molar-refractivity contribution in [2.75, 3.05) is 37.9 Å². The molecule has 0 aromatic heterocycles. The summed E-state index contributed by atoms with van der Waals surface area (Å²) in [6.45, 7) is 5.96. The second-order valence-corrected chi connectivity index (χ2v) is 7.44. The Morgan fingerprint density at radius 2 is 2.26 bits per heavy atom. The van der Waals surface area contributed by atoms with E-state index in [1.807, 2.05) is 0 Å². The van der Waals surface area contributed by atoms with Crippen LogP contribution in [0.5, 0.6) is 0 Å². The number of thioether (sulfide) groups is 1. The first-order valence-corrected chi connectivity index (χ1v) is 9.01. The smallest absolute Gasteiger partial charge is 0.0939 e. The Morgan fingerprint density at radius 3 is 2.95 bits per heavy atom. The molecule has 19 heavy (non-hydrogen) atoms. The zero-order valence-corrected chi connectivity index (χ0v) is 12.8. The molecule has 3 saturated heterocycles. The van der Waals surface area contributed by atoms with E-state index in [1.165, 1.54) is 30.8 Å². The molecule has 3 nitrogen and oxygen atoms in total. The van der Waals surface area contributed by atoms with Gasteiger partial charge < -0.3 is 14.8 Å². The first-order valence-electron chi connectivity index (χ1n) is 7.86. The highest BCUT2D eigenvalue weighted by Gasteiger charge is 2.44. The highest BCUT2D eigenvalue weighted by atomic mass is 32.2. The normalized spacial score (nSPS) is 40.9. The van der Waals surface area contributed by atoms with Crippen LogP contribution < -0.4 is 5.32 Å². The van der Waals surface area contributed by atoms with Crippen LogP contribution in [0.25, 0.3) is 0 Å². The van der Waals surface area contributed by atoms with Gasteiger partial charge in [-0.05, 0) is 49.1 Å². The van der Waals surface area contributed by atoms with Crippen LogP contribution in [-0.2, 0) is 9.47 Å². The lowest BCUT2D eigenvalue weighted by atomic mass is 9.76. The minimum absolute atomic E-state index is 0.0579. The van der Waals surface area contributed by atoms with Crippen LogP contribution in [0, 0.1) is 11.8 Å². The summed E-state index contributed by atoms with van der Waals surface area (Å²) in [5, 5.41) is 3.79. The average molecular weight is 285 g/mol. The zero-order chi connectivity index (χ0) is 13.1. The summed E-state index contributed by atoms with van der Waals surface area (Å²) in [4.78, 5) is 0. The van der Waals surface area contributed by atoms with Crippen molar-refractivity contribution in [1.82, 2.24) is 5.32 Å². The number of hydrogen-bond donors (Lipinski definition) is 1. The molecule has 4 heteroatoms. The molecule has 3 heterocycles. The van der Waals surface area contributed by atoms with E-state index < -0.39 is 0 Å². The maximum Gasteiger partial charge on any atom is 0.0939 e. The number of rotatable bonds is 4. The van der Waals surface area contributed by atoms with Crippen LogP contribution >= 0.6 is 11.8 Å². The van der Waals surface area contributed by atoms with Gasteiger partial charge in [0.1, 0.15) is 0 Å². The molecule has 4 atom stereocenters. The molecule has 110 valence electrons. The molecule has 1 spiro atoms. The molecule has 0 amide bonds. The molecule has 0 aromatic rings. The number of hydrogen-bond acceptors (Lipinski definition) is 4. The van der Waals surface area contributed by atoms with Gasteiger partial charge in [0.25, 0.3) is 0 Å². The summed E-state index contributed by atoms with van der Waals surface area (Å²) in [5.41, 5.74) is 0.0579. The third-order valence-corrected chi connectivity index (χ3v) is 6.21. The van der Waals surface area contributed by atoms with Crippen molar-refractivity contribution >= 4 is 11.8 Å². The van der Waals surface area contributed by atoms with Crippen molar-refractivity contribution in [3.05, 3.63) is 0 Å². The third kappa shape index (κ3) is 3.12. The van der Waals surface area contributed by atoms with Crippen LogP contribution in [0.4, 0.5) is 0 Å². The molecule has 3 aliphatic rings. The Hall–Kier alpha value is 0.230. The molecule has 4 unspecified atom stereocenters. The maximum absolute atomic E-state index is 6.09. The van der Waals surface area contributed by atoms with Crippen LogP contribution in [-0.4, -0.2) is 49.5 Å². The maximum atomic E-state index is 6.09. The Kier molecular flexibility index (Phi) is 4.73. The molecule has 0 aromatic carbocycles. The Morgan fingerprint density at radius 1 is 1.32 bits per heavy atom. The molecular formula is C15H27NO2S. The Balaban J connectivity index is 1.66. The van der Waals surface area contributed by atoms with Crippen molar-refractivity contribution in [2.24, 2.45) is 11.8 Å². The lowest BCUT2D eigenvalue weighted by molar-refractivity contribution is -0.105. The van der Waals surface area contributed by atoms with Gasteiger partial charge in [-0.1, -0.05) is 6.92 Å². The molecule has 1 N–H and O–H groups in total. The highest BCUT2D eigenvalue weighted by Crippen LogP contribution is 2.40. The van der Waals surface area contributed by atoms with E-state index in [1.54, 1.807) is 0 Å². The first kappa shape index (κ1) is 14.2. The fraction of sp³-hybridized carbons (Fsp3) is 1.00. The zero-order valence-electron chi connectivity index (χ0n) is 12.0. The van der Waals surface area contributed by atoms with Gasteiger partial charge in [0, 0.05) is 25.7 Å². The van der Waals surface area contributed by atoms with E-state index in [2.05, 4.69) is 24.0 Å². The second kappa shape index (κ2) is 6.33. The van der Waals surface area contributed by atoms with Gasteiger partial charge in [-0.25, -0.2) is 0 Å². The molecule has 0 bridgehead atoms. The fourth-order valence-electron chi connectivity index (χ4n) is 4.03. The summed E-state index contributed by atoms with van der Waals surface area (Å²) in [5.74, 6) is 4.34. The average Bonchev–Trinajstić information content (AvgIpc) is 3.08. The van der Waals surface area contributed by atoms with E-state index in [0.29, 0.717) is 6.04 Å². The van der Waals surface area contributed by atoms with E-state index in [4.69, 9.17) is 9.47 Å². The van der Waals surface area contributed by atoms with Crippen LogP contribution in [0.1, 0.15) is 32.6 Å². The SMILES string of the molecule is CCNC(C1CCSC1)C1CCOC2(CCOC2)C1. The highest BCUT2D eigenvalue weighted by molar-refractivity contribution is 7.99. The quantitative estimate of drug-likeness (QED) is 0.858. The topological polar surface area (TPSA) is 30.5 Å². The predicted octanol–water partition coefficient (Wildman–Crippen LogP) is 2.30. The van der Waals surface area contributed by atoms with Gasteiger partial charge in [0.15, 0.2) is 0 Å². The van der Waals surface area contributed by atoms with Crippen molar-refractivity contribution in [1.29, 1.82) is 0 Å². The first-order chi connectivity index (χ1) is 9.33. The minimum atomic E-state index is 0.0579. The van der Waals surface area contributed by atoms with E-state index in [0.717, 1.165) is 44.6 Å². The lowest BCUT2D eigenvalue weighted by Gasteiger charge is -2.42. The molecule has 3 aliphatic heterocycles. The fourth-order valence-corrected chi connectivity index (χ4v) is 5.34. The van der Waals surface area contributed by atoms with Crippen molar-refractivity contribution in [3.63, 3.8) is 0 Å². The van der Waals surface area contributed by atoms with Crippen LogP contribution in [0.15, 0.2) is 0 Å². The Labute approximate surface area is 121 Å². The summed E-state index contributed by atoms with van der Waals surface area (Å²) in [6.07, 6.45) is 4.91. The summed E-state index contributed by atoms with van der Waals surface area (Å²) in [6, 6.07) is 0.696. The predicted molar refractivity (Wildman–Crippen MR) is 79.7 cm³/mol. The molecule has 0 saturated carbocycles. The standard InChI is InChI=1S/C15H27NO2S/c1-2-16-14(13-4-8-19-10-13)12-3-6-18-15(9-12)5-7-17-11-15/h12-14,16H,2-11H2,1H3. The molecular weight excluding hydrogens is 258 g/mol. The van der Waals surface area contributed by atoms with Gasteiger partial charge in [-0.2, -0.15) is 11.8 Å². The second-order valence-electron chi connectivity index (χ2n) is 6.29. The van der Waals surface area contributed by atoms with Crippen molar-refractivity contribution in [2.45, 2.75) is 44.2 Å². The minimum Gasteiger partial charge on any atom is -0.378 e. The van der Waals surface area contributed by atoms with E-state index in [9.17, 15) is 0 Å². The molecule has 3 fully saturated rings. The molecule has 0 aliphatic carbocycles. The van der Waals surface area contributed by atoms with Crippen molar-refractivity contribution < 1.29 is 9.47 Å². The lowest BCUT2D eigenvalue weighted by Crippen LogP contribution is -2.50. The molecule has 0 radical (unpaired) electrons. The van der Waals surface area contributed by atoms with E-state index in [-0.39, 0.29) is 5.60 Å². The number of ether oxygens (including phenoxy) is 2. The molecule has 3 rings (SSSR count). The van der Waals surface area contributed by atoms with Crippen LogP contribution in [0.2, 0.25) is 0 Å². The third-order valence-electron chi connectivity index (χ3n) is 5.02. The number of nitrogens with one attached hydrogen (secondary N) is 1. The van der Waals surface area contributed by atoms with Gasteiger partial charge in [-0.3, -0.25) is 0 Å². The monoisotopic (exact) mass is 285 g/mol. The largest absolute Gasteiger partial charge is 0.378 e. The van der Waals surface area contributed by atoms with Gasteiger partial charge in [0.2, 0.25) is 0 Å².